The van der Waals surface area contributed by atoms with Gasteiger partial charge in [0.05, 0.1) is 11.6 Å². The van der Waals surface area contributed by atoms with E-state index in [-0.39, 0.29) is 5.91 Å². The van der Waals surface area contributed by atoms with Crippen molar-refractivity contribution in [2.75, 3.05) is 5.32 Å². The van der Waals surface area contributed by atoms with Crippen molar-refractivity contribution in [3.05, 3.63) is 65.7 Å². The number of nitrogens with two attached hydrogens (primary N) is 1. The van der Waals surface area contributed by atoms with Gasteiger partial charge in [-0.25, -0.2) is 0 Å². The SMILES string of the molecule is N#Cc1cccc(NC(=O)[C@@H](N)c2ccccc2)c1. The summed E-state index contributed by atoms with van der Waals surface area (Å²) in [5, 5.41) is 11.5. The summed E-state index contributed by atoms with van der Waals surface area (Å²) < 4.78 is 0. The van der Waals surface area contributed by atoms with E-state index in [1.54, 1.807) is 36.4 Å². The summed E-state index contributed by atoms with van der Waals surface area (Å²) >= 11 is 0. The van der Waals surface area contributed by atoms with Crippen LogP contribution < -0.4 is 11.1 Å². The number of nitriles is 1. The van der Waals surface area contributed by atoms with Gasteiger partial charge in [0.25, 0.3) is 0 Å². The predicted molar refractivity (Wildman–Crippen MR) is 73.2 cm³/mol. The lowest BCUT2D eigenvalue weighted by Crippen LogP contribution is -2.27. The van der Waals surface area contributed by atoms with E-state index in [9.17, 15) is 4.79 Å². The normalized spacial score (nSPS) is 11.4. The van der Waals surface area contributed by atoms with Gasteiger partial charge in [-0.2, -0.15) is 5.26 Å². The number of nitrogens with zero attached hydrogens (tertiary/aromatic N) is 1. The number of hydrogen-bond donors (Lipinski definition) is 2. The van der Waals surface area contributed by atoms with Crippen molar-refractivity contribution >= 4 is 11.6 Å². The molecule has 2 aromatic carbocycles. The van der Waals surface area contributed by atoms with E-state index in [0.717, 1.165) is 5.56 Å². The number of anilines is 1. The highest BCUT2D eigenvalue weighted by molar-refractivity contribution is 5.95. The molecule has 94 valence electrons. The van der Waals surface area contributed by atoms with Gasteiger partial charge < -0.3 is 11.1 Å². The quantitative estimate of drug-likeness (QED) is 0.877. The van der Waals surface area contributed by atoms with Gasteiger partial charge in [0.2, 0.25) is 5.91 Å². The molecule has 1 atom stereocenters. The van der Waals surface area contributed by atoms with Crippen molar-refractivity contribution < 1.29 is 4.79 Å². The average Bonchev–Trinajstić information content (AvgIpc) is 2.47. The maximum absolute atomic E-state index is 12.0. The summed E-state index contributed by atoms with van der Waals surface area (Å²) in [4.78, 5) is 12.0. The van der Waals surface area contributed by atoms with Gasteiger partial charge in [0, 0.05) is 5.69 Å². The Morgan fingerprint density at radius 2 is 1.89 bits per heavy atom. The summed E-state index contributed by atoms with van der Waals surface area (Å²) in [6.07, 6.45) is 0. The minimum Gasteiger partial charge on any atom is -0.324 e. The Morgan fingerprint density at radius 1 is 1.16 bits per heavy atom. The summed E-state index contributed by atoms with van der Waals surface area (Å²) in [7, 11) is 0. The molecule has 4 nitrogen and oxygen atoms in total. The van der Waals surface area contributed by atoms with E-state index in [1.807, 2.05) is 24.3 Å². The van der Waals surface area contributed by atoms with Gasteiger partial charge in [-0.15, -0.1) is 0 Å². The van der Waals surface area contributed by atoms with Crippen LogP contribution in [0.2, 0.25) is 0 Å². The van der Waals surface area contributed by atoms with E-state index in [0.29, 0.717) is 11.3 Å². The highest BCUT2D eigenvalue weighted by Crippen LogP contribution is 2.14. The molecule has 4 heteroatoms. The molecule has 0 unspecified atom stereocenters. The molecule has 0 spiro atoms. The van der Waals surface area contributed by atoms with Crippen molar-refractivity contribution in [2.45, 2.75) is 6.04 Å². The molecule has 0 aliphatic heterocycles. The second-order valence-corrected chi connectivity index (χ2v) is 4.07. The molecule has 0 heterocycles. The van der Waals surface area contributed by atoms with Crippen LogP contribution in [0.5, 0.6) is 0 Å². The Morgan fingerprint density at radius 3 is 2.58 bits per heavy atom. The lowest BCUT2D eigenvalue weighted by atomic mass is 10.1. The molecule has 0 saturated carbocycles. The van der Waals surface area contributed by atoms with Crippen molar-refractivity contribution in [3.8, 4) is 6.07 Å². The van der Waals surface area contributed by atoms with Crippen LogP contribution in [0.1, 0.15) is 17.2 Å². The lowest BCUT2D eigenvalue weighted by Gasteiger charge is -2.12. The molecular weight excluding hydrogens is 238 g/mol. The van der Waals surface area contributed by atoms with Crippen LogP contribution in [0.25, 0.3) is 0 Å². The molecule has 0 aromatic heterocycles. The Labute approximate surface area is 111 Å². The van der Waals surface area contributed by atoms with Gasteiger partial charge in [0.1, 0.15) is 6.04 Å². The van der Waals surface area contributed by atoms with E-state index in [4.69, 9.17) is 11.0 Å². The Balaban J connectivity index is 2.11. The Hall–Kier alpha value is -2.64. The number of carbonyl (C=O) groups is 1. The Bertz CT molecular complexity index is 617. The first-order valence-electron chi connectivity index (χ1n) is 5.82. The third-order valence-electron chi connectivity index (χ3n) is 2.70. The lowest BCUT2D eigenvalue weighted by molar-refractivity contribution is -0.117. The molecule has 2 rings (SSSR count). The van der Waals surface area contributed by atoms with Gasteiger partial charge in [-0.3, -0.25) is 4.79 Å². The molecular formula is C15H13N3O. The molecule has 2 aromatic rings. The molecule has 0 aliphatic carbocycles. The van der Waals surface area contributed by atoms with Crippen LogP contribution in [-0.4, -0.2) is 5.91 Å². The zero-order valence-corrected chi connectivity index (χ0v) is 10.2. The highest BCUT2D eigenvalue weighted by atomic mass is 16.2. The second kappa shape index (κ2) is 5.80. The third-order valence-corrected chi connectivity index (χ3v) is 2.70. The summed E-state index contributed by atoms with van der Waals surface area (Å²) in [6, 6.07) is 17.1. The summed E-state index contributed by atoms with van der Waals surface area (Å²) in [5.74, 6) is -0.304. The first-order chi connectivity index (χ1) is 9.20. The van der Waals surface area contributed by atoms with E-state index in [2.05, 4.69) is 5.32 Å². The van der Waals surface area contributed by atoms with Gasteiger partial charge >= 0.3 is 0 Å². The van der Waals surface area contributed by atoms with Crippen molar-refractivity contribution in [1.82, 2.24) is 0 Å². The van der Waals surface area contributed by atoms with Crippen molar-refractivity contribution in [1.29, 1.82) is 5.26 Å². The van der Waals surface area contributed by atoms with Crippen LogP contribution in [0.15, 0.2) is 54.6 Å². The van der Waals surface area contributed by atoms with Crippen molar-refractivity contribution in [3.63, 3.8) is 0 Å². The monoisotopic (exact) mass is 251 g/mol. The van der Waals surface area contributed by atoms with E-state index >= 15 is 0 Å². The molecule has 0 aliphatic rings. The highest BCUT2D eigenvalue weighted by Gasteiger charge is 2.15. The maximum Gasteiger partial charge on any atom is 0.245 e. The van der Waals surface area contributed by atoms with Gasteiger partial charge in [-0.05, 0) is 23.8 Å². The van der Waals surface area contributed by atoms with Crippen LogP contribution in [0, 0.1) is 11.3 Å². The number of rotatable bonds is 3. The molecule has 0 saturated heterocycles. The van der Waals surface area contributed by atoms with E-state index < -0.39 is 6.04 Å². The summed E-state index contributed by atoms with van der Waals surface area (Å²) in [6.45, 7) is 0. The number of nitrogens with one attached hydrogen (secondary N) is 1. The standard InChI is InChI=1S/C15H13N3O/c16-10-11-5-4-8-13(9-11)18-15(19)14(17)12-6-2-1-3-7-12/h1-9,14H,17H2,(H,18,19)/t14-/m0/s1. The molecule has 0 radical (unpaired) electrons. The average molecular weight is 251 g/mol. The van der Waals surface area contributed by atoms with Gasteiger partial charge in [0.15, 0.2) is 0 Å². The van der Waals surface area contributed by atoms with Crippen LogP contribution >= 0.6 is 0 Å². The molecule has 1 amide bonds. The fraction of sp³-hybridized carbons (Fsp3) is 0.0667. The predicted octanol–water partition coefficient (Wildman–Crippen LogP) is 2.20. The van der Waals surface area contributed by atoms with Gasteiger partial charge in [-0.1, -0.05) is 36.4 Å². The largest absolute Gasteiger partial charge is 0.324 e. The number of carbonyl (C=O) groups excluding carboxylic acids is 1. The fourth-order valence-corrected chi connectivity index (χ4v) is 1.70. The van der Waals surface area contributed by atoms with Crippen LogP contribution in [0.3, 0.4) is 0 Å². The molecule has 3 N–H and O–H groups in total. The minimum atomic E-state index is -0.730. The van der Waals surface area contributed by atoms with Crippen molar-refractivity contribution in [2.24, 2.45) is 5.73 Å². The number of benzene rings is 2. The molecule has 0 bridgehead atoms. The third kappa shape index (κ3) is 3.18. The zero-order chi connectivity index (χ0) is 13.7. The maximum atomic E-state index is 12.0. The Kier molecular flexibility index (Phi) is 3.91. The van der Waals surface area contributed by atoms with Crippen LogP contribution in [0.4, 0.5) is 5.69 Å². The first-order valence-corrected chi connectivity index (χ1v) is 5.82. The first kappa shape index (κ1) is 12.8. The molecule has 19 heavy (non-hydrogen) atoms. The topological polar surface area (TPSA) is 78.9 Å². The second-order valence-electron chi connectivity index (χ2n) is 4.07. The van der Waals surface area contributed by atoms with Crippen LogP contribution in [-0.2, 0) is 4.79 Å². The number of hydrogen-bond acceptors (Lipinski definition) is 3. The fourth-order valence-electron chi connectivity index (χ4n) is 1.70. The van der Waals surface area contributed by atoms with E-state index in [1.165, 1.54) is 0 Å². The smallest absolute Gasteiger partial charge is 0.245 e. The molecule has 0 fully saturated rings. The zero-order valence-electron chi connectivity index (χ0n) is 10.2. The number of amides is 1. The minimum absolute atomic E-state index is 0.304. The summed E-state index contributed by atoms with van der Waals surface area (Å²) in [5.41, 5.74) is 7.68.